The van der Waals surface area contributed by atoms with Gasteiger partial charge in [0.25, 0.3) is 15.9 Å². The molecule has 0 saturated heterocycles. The van der Waals surface area contributed by atoms with Gasteiger partial charge in [-0.25, -0.2) is 0 Å². The minimum absolute atomic E-state index is 0.110. The fourth-order valence-electron chi connectivity index (χ4n) is 2.03. The Morgan fingerprint density at radius 3 is 2.68 bits per heavy atom. The minimum atomic E-state index is -3.99. The normalized spacial score (nSPS) is 11.5. The zero-order valence-corrected chi connectivity index (χ0v) is 14.9. The molecule has 1 aromatic carbocycles. The van der Waals surface area contributed by atoms with E-state index in [2.05, 4.69) is 14.9 Å². The molecule has 0 radical (unpaired) electrons. The highest BCUT2D eigenvalue weighted by atomic mass is 35.5. The van der Waals surface area contributed by atoms with E-state index in [-0.39, 0.29) is 22.4 Å². The van der Waals surface area contributed by atoms with Crippen LogP contribution in [0, 0.1) is 0 Å². The number of nitrogens with zero attached hydrogens (tertiary/aromatic N) is 2. The third kappa shape index (κ3) is 3.62. The molecule has 2 aromatic heterocycles. The summed E-state index contributed by atoms with van der Waals surface area (Å²) in [7, 11) is -2.57. The number of furan rings is 1. The Kier molecular flexibility index (Phi) is 4.69. The molecule has 0 aliphatic rings. The summed E-state index contributed by atoms with van der Waals surface area (Å²) in [6.45, 7) is 1.86. The number of benzene rings is 1. The highest BCUT2D eigenvalue weighted by molar-refractivity contribution is 7.92. The standard InChI is InChI=1S/C15H14ClN3O5S/c1-3-13-17-18-15(24-13)12-6-7-14(23-12)25(20,21)19-10-8-9(16)4-5-11(10)22-2/h4-8,19H,3H2,1-2H3. The van der Waals surface area contributed by atoms with Crippen LogP contribution in [0.15, 0.2) is 44.3 Å². The summed E-state index contributed by atoms with van der Waals surface area (Å²) >= 11 is 5.91. The van der Waals surface area contributed by atoms with E-state index in [1.807, 2.05) is 6.92 Å². The number of nitrogens with one attached hydrogen (secondary N) is 1. The molecule has 0 atom stereocenters. The Morgan fingerprint density at radius 2 is 2.00 bits per heavy atom. The molecule has 8 nitrogen and oxygen atoms in total. The maximum Gasteiger partial charge on any atom is 0.295 e. The summed E-state index contributed by atoms with van der Waals surface area (Å²) < 4.78 is 43.2. The maximum atomic E-state index is 12.5. The van der Waals surface area contributed by atoms with Crippen molar-refractivity contribution in [2.24, 2.45) is 0 Å². The lowest BCUT2D eigenvalue weighted by Crippen LogP contribution is -2.12. The number of sulfonamides is 1. The van der Waals surface area contributed by atoms with Crippen molar-refractivity contribution in [3.63, 3.8) is 0 Å². The van der Waals surface area contributed by atoms with Crippen LogP contribution in [0.4, 0.5) is 5.69 Å². The van der Waals surface area contributed by atoms with Gasteiger partial charge in [0.1, 0.15) is 5.75 Å². The fourth-order valence-corrected chi connectivity index (χ4v) is 3.20. The molecule has 3 aromatic rings. The molecule has 0 aliphatic carbocycles. The van der Waals surface area contributed by atoms with Gasteiger partial charge in [-0.15, -0.1) is 10.2 Å². The Balaban J connectivity index is 1.90. The summed E-state index contributed by atoms with van der Waals surface area (Å²) in [6, 6.07) is 7.32. The van der Waals surface area contributed by atoms with Crippen molar-refractivity contribution in [3.8, 4) is 17.4 Å². The van der Waals surface area contributed by atoms with Gasteiger partial charge in [-0.05, 0) is 30.3 Å². The van der Waals surface area contributed by atoms with Crippen molar-refractivity contribution in [2.45, 2.75) is 18.4 Å². The Hall–Kier alpha value is -2.52. The number of aryl methyl sites for hydroxylation is 1. The molecule has 0 saturated carbocycles. The molecule has 0 bridgehead atoms. The first-order chi connectivity index (χ1) is 11.9. The molecule has 0 fully saturated rings. The molecule has 0 aliphatic heterocycles. The summed E-state index contributed by atoms with van der Waals surface area (Å²) in [6.07, 6.45) is 0.564. The van der Waals surface area contributed by atoms with Crippen LogP contribution in [0.2, 0.25) is 5.02 Å². The number of halogens is 1. The van der Waals surface area contributed by atoms with Gasteiger partial charge in [-0.3, -0.25) is 4.72 Å². The van der Waals surface area contributed by atoms with Crippen molar-refractivity contribution in [2.75, 3.05) is 11.8 Å². The molecule has 0 unspecified atom stereocenters. The third-order valence-corrected chi connectivity index (χ3v) is 4.71. The van der Waals surface area contributed by atoms with Crippen LogP contribution in [0.3, 0.4) is 0 Å². The first-order valence-corrected chi connectivity index (χ1v) is 9.08. The summed E-state index contributed by atoms with van der Waals surface area (Å²) in [5, 5.41) is 7.68. The molecule has 0 spiro atoms. The first-order valence-electron chi connectivity index (χ1n) is 7.22. The second kappa shape index (κ2) is 6.77. The number of ether oxygens (including phenoxy) is 1. The summed E-state index contributed by atoms with van der Waals surface area (Å²) in [4.78, 5) is 0. The average molecular weight is 384 g/mol. The van der Waals surface area contributed by atoms with Crippen LogP contribution < -0.4 is 9.46 Å². The topological polar surface area (TPSA) is 107 Å². The number of hydrogen-bond donors (Lipinski definition) is 1. The lowest BCUT2D eigenvalue weighted by atomic mass is 10.3. The van der Waals surface area contributed by atoms with E-state index < -0.39 is 10.0 Å². The molecule has 132 valence electrons. The molecule has 3 rings (SSSR count). The van der Waals surface area contributed by atoms with E-state index in [1.54, 1.807) is 12.1 Å². The van der Waals surface area contributed by atoms with E-state index in [1.165, 1.54) is 25.3 Å². The van der Waals surface area contributed by atoms with Gasteiger partial charge in [0.2, 0.25) is 11.0 Å². The zero-order chi connectivity index (χ0) is 18.0. The van der Waals surface area contributed by atoms with Crippen molar-refractivity contribution >= 4 is 27.3 Å². The van der Waals surface area contributed by atoms with E-state index in [9.17, 15) is 8.42 Å². The van der Waals surface area contributed by atoms with Crippen molar-refractivity contribution in [1.82, 2.24) is 10.2 Å². The molecular weight excluding hydrogens is 370 g/mol. The number of anilines is 1. The van der Waals surface area contributed by atoms with Gasteiger partial charge in [-0.1, -0.05) is 18.5 Å². The molecule has 2 heterocycles. The van der Waals surface area contributed by atoms with Crippen molar-refractivity contribution < 1.29 is 22.0 Å². The second-order valence-electron chi connectivity index (χ2n) is 4.92. The van der Waals surface area contributed by atoms with E-state index in [0.717, 1.165) is 0 Å². The van der Waals surface area contributed by atoms with Gasteiger partial charge in [0.15, 0.2) is 5.76 Å². The smallest absolute Gasteiger partial charge is 0.295 e. The van der Waals surface area contributed by atoms with Crippen molar-refractivity contribution in [3.05, 3.63) is 41.2 Å². The average Bonchev–Trinajstić information content (AvgIpc) is 3.24. The van der Waals surface area contributed by atoms with E-state index in [4.69, 9.17) is 25.2 Å². The fraction of sp³-hybridized carbons (Fsp3) is 0.200. The van der Waals surface area contributed by atoms with E-state index >= 15 is 0 Å². The summed E-state index contributed by atoms with van der Waals surface area (Å²) in [5.41, 5.74) is 0.194. The van der Waals surface area contributed by atoms with Crippen LogP contribution in [0.25, 0.3) is 11.7 Å². The summed E-state index contributed by atoms with van der Waals surface area (Å²) in [5.74, 6) is 1.02. The quantitative estimate of drug-likeness (QED) is 0.695. The number of methoxy groups -OCH3 is 1. The maximum absolute atomic E-state index is 12.5. The van der Waals surface area contributed by atoms with Gasteiger partial charge in [-0.2, -0.15) is 8.42 Å². The number of rotatable bonds is 6. The largest absolute Gasteiger partial charge is 0.495 e. The molecule has 10 heteroatoms. The monoisotopic (exact) mass is 383 g/mol. The van der Waals surface area contributed by atoms with Crippen LogP contribution in [0.1, 0.15) is 12.8 Å². The molecular formula is C15H14ClN3O5S. The van der Waals surface area contributed by atoms with Crippen LogP contribution in [0.5, 0.6) is 5.75 Å². The predicted molar refractivity (Wildman–Crippen MR) is 90.2 cm³/mol. The minimum Gasteiger partial charge on any atom is -0.495 e. The molecule has 0 amide bonds. The van der Waals surface area contributed by atoms with Gasteiger partial charge >= 0.3 is 0 Å². The lowest BCUT2D eigenvalue weighted by Gasteiger charge is -2.10. The number of hydrogen-bond acceptors (Lipinski definition) is 7. The van der Waals surface area contributed by atoms with E-state index in [0.29, 0.717) is 23.1 Å². The number of aromatic nitrogens is 2. The van der Waals surface area contributed by atoms with Crippen LogP contribution in [-0.4, -0.2) is 25.7 Å². The van der Waals surface area contributed by atoms with Crippen LogP contribution >= 0.6 is 11.6 Å². The van der Waals surface area contributed by atoms with Gasteiger partial charge < -0.3 is 13.6 Å². The van der Waals surface area contributed by atoms with Crippen molar-refractivity contribution in [1.29, 1.82) is 0 Å². The molecule has 25 heavy (non-hydrogen) atoms. The highest BCUT2D eigenvalue weighted by Gasteiger charge is 2.23. The SMILES string of the molecule is CCc1nnc(-c2ccc(S(=O)(=O)Nc3cc(Cl)ccc3OC)o2)o1. The second-order valence-corrected chi connectivity index (χ2v) is 6.97. The van der Waals surface area contributed by atoms with Crippen LogP contribution in [-0.2, 0) is 16.4 Å². The third-order valence-electron chi connectivity index (χ3n) is 3.23. The predicted octanol–water partition coefficient (Wildman–Crippen LogP) is 3.35. The van der Waals surface area contributed by atoms with Gasteiger partial charge in [0, 0.05) is 11.4 Å². The highest BCUT2D eigenvalue weighted by Crippen LogP contribution is 2.31. The van der Waals surface area contributed by atoms with Gasteiger partial charge in [0.05, 0.1) is 12.8 Å². The Bertz CT molecular complexity index is 996. The zero-order valence-electron chi connectivity index (χ0n) is 13.3. The Labute approximate surface area is 148 Å². The molecule has 1 N–H and O–H groups in total. The lowest BCUT2D eigenvalue weighted by molar-refractivity contribution is 0.416. The Morgan fingerprint density at radius 1 is 1.20 bits per heavy atom. The first kappa shape index (κ1) is 17.3.